The van der Waals surface area contributed by atoms with Gasteiger partial charge in [-0.3, -0.25) is 14.5 Å². The first-order valence-electron chi connectivity index (χ1n) is 11.9. The smallest absolute Gasteiger partial charge is 0.296 e. The van der Waals surface area contributed by atoms with Gasteiger partial charge in [-0.15, -0.1) is 10.2 Å². The molecule has 0 aliphatic carbocycles. The van der Waals surface area contributed by atoms with E-state index in [-0.39, 0.29) is 6.04 Å². The third-order valence-corrected chi connectivity index (χ3v) is 6.12. The van der Waals surface area contributed by atoms with Gasteiger partial charge in [-0.05, 0) is 44.1 Å². The number of benzene rings is 2. The van der Waals surface area contributed by atoms with Gasteiger partial charge in [0.25, 0.3) is 0 Å². The second kappa shape index (κ2) is 10.1. The molecule has 1 aliphatic rings. The molecule has 180 valence electrons. The summed E-state index contributed by atoms with van der Waals surface area (Å²) in [5, 5.41) is 9.01. The van der Waals surface area contributed by atoms with Crippen LogP contribution in [0.4, 0.5) is 13.2 Å². The monoisotopic (exact) mass is 469 g/mol. The largest absolute Gasteiger partial charge is 0.416 e. The second-order valence-corrected chi connectivity index (χ2v) is 8.56. The van der Waals surface area contributed by atoms with Crippen LogP contribution in [0.2, 0.25) is 0 Å². The summed E-state index contributed by atoms with van der Waals surface area (Å²) in [5.74, 6) is 1.40. The molecule has 0 spiro atoms. The summed E-state index contributed by atoms with van der Waals surface area (Å²) in [4.78, 5) is 7.27. The Kier molecular flexibility index (Phi) is 7.16. The fourth-order valence-electron chi connectivity index (χ4n) is 4.45. The highest BCUT2D eigenvalue weighted by molar-refractivity contribution is 6.15. The van der Waals surface area contributed by atoms with Crippen LogP contribution in [0, 0.1) is 0 Å². The van der Waals surface area contributed by atoms with Gasteiger partial charge in [0.1, 0.15) is 6.04 Å². The predicted molar refractivity (Wildman–Crippen MR) is 127 cm³/mol. The second-order valence-electron chi connectivity index (χ2n) is 8.56. The Morgan fingerprint density at radius 1 is 0.971 bits per heavy atom. The lowest BCUT2D eigenvalue weighted by Gasteiger charge is -2.21. The van der Waals surface area contributed by atoms with Crippen molar-refractivity contribution in [2.24, 2.45) is 4.99 Å². The van der Waals surface area contributed by atoms with Gasteiger partial charge in [0.15, 0.2) is 11.6 Å². The molecule has 3 aromatic rings. The number of hydrogen-bond acceptors (Lipinski definition) is 4. The summed E-state index contributed by atoms with van der Waals surface area (Å²) >= 11 is 0. The molecule has 1 aromatic heterocycles. The summed E-state index contributed by atoms with van der Waals surface area (Å²) in [7, 11) is 0. The number of alkyl halides is 3. The van der Waals surface area contributed by atoms with E-state index in [0.29, 0.717) is 29.3 Å². The number of aromatic nitrogens is 3. The summed E-state index contributed by atoms with van der Waals surface area (Å²) in [6.07, 6.45) is -1.87. The van der Waals surface area contributed by atoms with E-state index in [1.165, 1.54) is 12.1 Å². The maximum atomic E-state index is 13.7. The molecule has 0 amide bonds. The molecule has 0 fully saturated rings. The number of aliphatic imine (C=N–C) groups is 1. The first kappa shape index (κ1) is 24.1. The number of rotatable bonds is 8. The minimum absolute atomic E-state index is 0.301. The molecule has 1 atom stereocenters. The van der Waals surface area contributed by atoms with Gasteiger partial charge >= 0.3 is 6.18 Å². The molecular weight excluding hydrogens is 439 g/mol. The van der Waals surface area contributed by atoms with Gasteiger partial charge in [-0.2, -0.15) is 13.2 Å². The zero-order valence-corrected chi connectivity index (χ0v) is 19.8. The fraction of sp³-hybridized carbons (Fsp3) is 0.423. The Morgan fingerprint density at radius 2 is 1.74 bits per heavy atom. The lowest BCUT2D eigenvalue weighted by molar-refractivity contribution is -0.137. The Hall–Kier alpha value is -3.00. The van der Waals surface area contributed by atoms with Gasteiger partial charge < -0.3 is 0 Å². The SMILES string of the molecule is CCCC1N=C(c2ccccc2)c2cc(C(F)(F)F)ccc2-n2c(CN(CC)CCC)nnc21. The third-order valence-electron chi connectivity index (χ3n) is 6.12. The Morgan fingerprint density at radius 3 is 2.38 bits per heavy atom. The Balaban J connectivity index is 1.96. The van der Waals surface area contributed by atoms with Crippen molar-refractivity contribution >= 4 is 5.71 Å². The van der Waals surface area contributed by atoms with E-state index in [1.807, 2.05) is 34.9 Å². The standard InChI is InChI=1S/C26H30F3N5/c1-4-10-21-25-32-31-23(17-33(6-3)15-5-2)34(25)22-14-13-19(26(27,28)29)16-20(22)24(30-21)18-11-8-7-9-12-18/h7-9,11-14,16,21H,4-6,10,15,17H2,1-3H3. The minimum atomic E-state index is -4.45. The fourth-order valence-corrected chi connectivity index (χ4v) is 4.45. The highest BCUT2D eigenvalue weighted by Gasteiger charge is 2.34. The average molecular weight is 470 g/mol. The van der Waals surface area contributed by atoms with Crippen LogP contribution in [0.5, 0.6) is 0 Å². The van der Waals surface area contributed by atoms with E-state index in [0.717, 1.165) is 49.8 Å². The lowest BCUT2D eigenvalue weighted by atomic mass is 9.98. The maximum absolute atomic E-state index is 13.7. The van der Waals surface area contributed by atoms with Crippen molar-refractivity contribution in [3.63, 3.8) is 0 Å². The summed E-state index contributed by atoms with van der Waals surface area (Å²) in [6, 6.07) is 13.0. The highest BCUT2D eigenvalue weighted by atomic mass is 19.4. The van der Waals surface area contributed by atoms with Crippen molar-refractivity contribution in [1.29, 1.82) is 0 Å². The molecular formula is C26H30F3N5. The van der Waals surface area contributed by atoms with E-state index >= 15 is 0 Å². The normalized spacial score (nSPS) is 15.6. The van der Waals surface area contributed by atoms with Crippen molar-refractivity contribution in [3.8, 4) is 5.69 Å². The van der Waals surface area contributed by atoms with Crippen molar-refractivity contribution in [2.75, 3.05) is 13.1 Å². The average Bonchev–Trinajstić information content (AvgIpc) is 3.18. The molecule has 1 aliphatic heterocycles. The van der Waals surface area contributed by atoms with E-state index in [4.69, 9.17) is 4.99 Å². The van der Waals surface area contributed by atoms with Gasteiger partial charge in [0.05, 0.1) is 23.5 Å². The van der Waals surface area contributed by atoms with Gasteiger partial charge in [0, 0.05) is 11.1 Å². The first-order chi connectivity index (χ1) is 16.4. The molecule has 0 N–H and O–H groups in total. The number of fused-ring (bicyclic) bond motifs is 3. The highest BCUT2D eigenvalue weighted by Crippen LogP contribution is 2.37. The molecule has 8 heteroatoms. The van der Waals surface area contributed by atoms with Crippen LogP contribution in [0.1, 0.15) is 74.4 Å². The predicted octanol–water partition coefficient (Wildman–Crippen LogP) is 6.21. The molecule has 2 heterocycles. The Bertz CT molecular complexity index is 1150. The minimum Gasteiger partial charge on any atom is -0.296 e. The van der Waals surface area contributed by atoms with E-state index in [1.54, 1.807) is 0 Å². The van der Waals surface area contributed by atoms with Crippen LogP contribution in [0.15, 0.2) is 53.5 Å². The van der Waals surface area contributed by atoms with Gasteiger partial charge in [0.2, 0.25) is 0 Å². The summed E-state index contributed by atoms with van der Waals surface area (Å²) in [6.45, 7) is 8.60. The topological polar surface area (TPSA) is 46.3 Å². The van der Waals surface area contributed by atoms with Crippen molar-refractivity contribution in [2.45, 2.75) is 58.8 Å². The van der Waals surface area contributed by atoms with Crippen LogP contribution in [0.3, 0.4) is 0 Å². The van der Waals surface area contributed by atoms with Gasteiger partial charge in [-0.1, -0.05) is 57.5 Å². The Labute approximate surface area is 198 Å². The molecule has 5 nitrogen and oxygen atoms in total. The molecule has 0 saturated carbocycles. The molecule has 0 bridgehead atoms. The lowest BCUT2D eigenvalue weighted by Crippen LogP contribution is -2.26. The van der Waals surface area contributed by atoms with Crippen LogP contribution >= 0.6 is 0 Å². The van der Waals surface area contributed by atoms with Crippen LogP contribution in [0.25, 0.3) is 5.69 Å². The van der Waals surface area contributed by atoms with Crippen LogP contribution < -0.4 is 0 Å². The van der Waals surface area contributed by atoms with E-state index < -0.39 is 11.7 Å². The molecule has 0 radical (unpaired) electrons. The quantitative estimate of drug-likeness (QED) is 0.394. The third kappa shape index (κ3) is 4.78. The molecule has 1 unspecified atom stereocenters. The summed E-state index contributed by atoms with van der Waals surface area (Å²) < 4.78 is 43.1. The molecule has 2 aromatic carbocycles. The number of halogens is 3. The van der Waals surface area contributed by atoms with Crippen molar-refractivity contribution in [1.82, 2.24) is 19.7 Å². The maximum Gasteiger partial charge on any atom is 0.416 e. The summed E-state index contributed by atoms with van der Waals surface area (Å²) in [5.41, 5.74) is 1.72. The van der Waals surface area contributed by atoms with Crippen molar-refractivity contribution in [3.05, 3.63) is 76.9 Å². The zero-order valence-electron chi connectivity index (χ0n) is 19.8. The number of hydrogen-bond donors (Lipinski definition) is 0. The van der Waals surface area contributed by atoms with E-state index in [2.05, 4.69) is 35.9 Å². The first-order valence-corrected chi connectivity index (χ1v) is 11.9. The zero-order chi connectivity index (χ0) is 24.3. The molecule has 0 saturated heterocycles. The van der Waals surface area contributed by atoms with Crippen LogP contribution in [-0.4, -0.2) is 38.5 Å². The number of nitrogens with zero attached hydrogens (tertiary/aromatic N) is 5. The van der Waals surface area contributed by atoms with Crippen molar-refractivity contribution < 1.29 is 13.2 Å². The van der Waals surface area contributed by atoms with Gasteiger partial charge in [-0.25, -0.2) is 0 Å². The molecule has 34 heavy (non-hydrogen) atoms. The molecule has 4 rings (SSSR count). The van der Waals surface area contributed by atoms with E-state index in [9.17, 15) is 13.2 Å². The van der Waals surface area contributed by atoms with Crippen LogP contribution in [-0.2, 0) is 12.7 Å².